The van der Waals surface area contributed by atoms with E-state index in [0.29, 0.717) is 6.61 Å². The van der Waals surface area contributed by atoms with Crippen molar-refractivity contribution in [3.63, 3.8) is 0 Å². The van der Waals surface area contributed by atoms with Gasteiger partial charge in [0.2, 0.25) is 0 Å². The van der Waals surface area contributed by atoms with Crippen LogP contribution in [0.5, 0.6) is 0 Å². The second kappa shape index (κ2) is 10.00. The Hall–Kier alpha value is -2.72. The second-order valence-electron chi connectivity index (χ2n) is 6.59. The third kappa shape index (κ3) is 5.89. The van der Waals surface area contributed by atoms with E-state index in [1.807, 2.05) is 37.3 Å². The normalized spacial score (nSPS) is 10.6. The molecule has 0 heterocycles. The lowest BCUT2D eigenvalue weighted by Crippen LogP contribution is -2.07. The number of nitrogen functional groups attached to an aromatic ring is 1. The van der Waals surface area contributed by atoms with Crippen LogP contribution < -0.4 is 5.73 Å². The Morgan fingerprint density at radius 1 is 0.893 bits per heavy atom. The molecular weight excluding hydrogens is 366 g/mol. The van der Waals surface area contributed by atoms with Gasteiger partial charge in [0.15, 0.2) is 0 Å². The lowest BCUT2D eigenvalue weighted by molar-refractivity contribution is -0.142. The van der Waals surface area contributed by atoms with E-state index < -0.39 is 0 Å². The van der Waals surface area contributed by atoms with Crippen LogP contribution in [-0.2, 0) is 28.8 Å². The standard InChI is InChI=1S/C24H25NO2S/c1-2-27-24(26)17-20-9-6-10-21(15-20)28-23-14-13-19(16-22(23)25)12-11-18-7-4-3-5-8-18/h3-10,13-16H,2,11-12,17,25H2,1H3. The monoisotopic (exact) mass is 391 g/mol. The fourth-order valence-electron chi connectivity index (χ4n) is 3.00. The highest BCUT2D eigenvalue weighted by molar-refractivity contribution is 7.99. The largest absolute Gasteiger partial charge is 0.466 e. The molecule has 0 aliphatic heterocycles. The number of rotatable bonds is 8. The van der Waals surface area contributed by atoms with Crippen LogP contribution >= 0.6 is 11.8 Å². The third-order valence-electron chi connectivity index (χ3n) is 4.40. The summed E-state index contributed by atoms with van der Waals surface area (Å²) in [5.74, 6) is -0.202. The first-order valence-electron chi connectivity index (χ1n) is 9.49. The summed E-state index contributed by atoms with van der Waals surface area (Å²) in [6.07, 6.45) is 2.26. The van der Waals surface area contributed by atoms with E-state index in [4.69, 9.17) is 10.5 Å². The lowest BCUT2D eigenvalue weighted by Gasteiger charge is -2.10. The number of benzene rings is 3. The van der Waals surface area contributed by atoms with Crippen LogP contribution in [-0.4, -0.2) is 12.6 Å². The average molecular weight is 392 g/mol. The molecule has 0 unspecified atom stereocenters. The Balaban J connectivity index is 1.63. The summed E-state index contributed by atoms with van der Waals surface area (Å²) < 4.78 is 5.03. The Kier molecular flexibility index (Phi) is 7.15. The minimum Gasteiger partial charge on any atom is -0.466 e. The highest BCUT2D eigenvalue weighted by atomic mass is 32.2. The van der Waals surface area contributed by atoms with Gasteiger partial charge in [-0.05, 0) is 60.7 Å². The molecule has 0 aliphatic rings. The molecule has 3 aromatic rings. The van der Waals surface area contributed by atoms with Crippen molar-refractivity contribution >= 4 is 23.4 Å². The molecule has 3 rings (SSSR count). The van der Waals surface area contributed by atoms with Gasteiger partial charge >= 0.3 is 5.97 Å². The SMILES string of the molecule is CCOC(=O)Cc1cccc(Sc2ccc(CCc3ccccc3)cc2N)c1. The van der Waals surface area contributed by atoms with Gasteiger partial charge in [-0.2, -0.15) is 0 Å². The van der Waals surface area contributed by atoms with E-state index in [-0.39, 0.29) is 12.4 Å². The molecule has 0 aliphatic carbocycles. The molecule has 0 bridgehead atoms. The zero-order chi connectivity index (χ0) is 19.8. The molecule has 0 spiro atoms. The van der Waals surface area contributed by atoms with Crippen LogP contribution in [0.3, 0.4) is 0 Å². The van der Waals surface area contributed by atoms with Gasteiger partial charge in [0.25, 0.3) is 0 Å². The summed E-state index contributed by atoms with van der Waals surface area (Å²) >= 11 is 1.61. The summed E-state index contributed by atoms with van der Waals surface area (Å²) in [6, 6.07) is 24.7. The molecular formula is C24H25NO2S. The number of carbonyl (C=O) groups excluding carboxylic acids is 1. The minimum atomic E-state index is -0.202. The number of hydrogen-bond donors (Lipinski definition) is 1. The molecule has 4 heteroatoms. The molecule has 2 N–H and O–H groups in total. The first-order chi connectivity index (χ1) is 13.6. The van der Waals surface area contributed by atoms with Gasteiger partial charge in [-0.1, -0.05) is 60.3 Å². The maximum absolute atomic E-state index is 11.7. The van der Waals surface area contributed by atoms with E-state index in [2.05, 4.69) is 42.5 Å². The topological polar surface area (TPSA) is 52.3 Å². The predicted molar refractivity (Wildman–Crippen MR) is 116 cm³/mol. The summed E-state index contributed by atoms with van der Waals surface area (Å²) in [5.41, 5.74) is 10.6. The van der Waals surface area contributed by atoms with Crippen molar-refractivity contribution < 1.29 is 9.53 Å². The molecule has 0 radical (unpaired) electrons. The molecule has 0 atom stereocenters. The zero-order valence-corrected chi connectivity index (χ0v) is 16.9. The van der Waals surface area contributed by atoms with E-state index in [1.165, 1.54) is 11.1 Å². The maximum atomic E-state index is 11.7. The van der Waals surface area contributed by atoms with Crippen molar-refractivity contribution in [2.75, 3.05) is 12.3 Å². The number of aryl methyl sites for hydroxylation is 2. The second-order valence-corrected chi connectivity index (χ2v) is 7.70. The first kappa shape index (κ1) is 20.0. The van der Waals surface area contributed by atoms with Crippen molar-refractivity contribution in [3.05, 3.63) is 89.5 Å². The maximum Gasteiger partial charge on any atom is 0.310 e. The van der Waals surface area contributed by atoms with Crippen LogP contribution in [0.1, 0.15) is 23.6 Å². The molecule has 28 heavy (non-hydrogen) atoms. The molecule has 0 aromatic heterocycles. The molecule has 3 aromatic carbocycles. The highest BCUT2D eigenvalue weighted by Gasteiger charge is 2.07. The molecule has 0 saturated heterocycles. The number of ether oxygens (including phenoxy) is 1. The van der Waals surface area contributed by atoms with Crippen molar-refractivity contribution in [2.45, 2.75) is 36.0 Å². The van der Waals surface area contributed by atoms with Gasteiger partial charge in [0.05, 0.1) is 13.0 Å². The van der Waals surface area contributed by atoms with Crippen molar-refractivity contribution in [3.8, 4) is 0 Å². The zero-order valence-electron chi connectivity index (χ0n) is 16.1. The van der Waals surface area contributed by atoms with Crippen LogP contribution in [0.2, 0.25) is 0 Å². The summed E-state index contributed by atoms with van der Waals surface area (Å²) in [5, 5.41) is 0. The Labute approximate surface area is 170 Å². The number of nitrogens with two attached hydrogens (primary N) is 1. The number of carbonyl (C=O) groups is 1. The molecule has 144 valence electrons. The van der Waals surface area contributed by atoms with Crippen LogP contribution in [0.15, 0.2) is 82.6 Å². The fourth-order valence-corrected chi connectivity index (χ4v) is 3.93. The van der Waals surface area contributed by atoms with Gasteiger partial charge in [-0.15, -0.1) is 0 Å². The Morgan fingerprint density at radius 3 is 2.39 bits per heavy atom. The minimum absolute atomic E-state index is 0.202. The third-order valence-corrected chi connectivity index (χ3v) is 5.48. The van der Waals surface area contributed by atoms with Crippen molar-refractivity contribution in [1.29, 1.82) is 0 Å². The molecule has 0 fully saturated rings. The van der Waals surface area contributed by atoms with Gasteiger partial charge < -0.3 is 10.5 Å². The molecule has 0 saturated carbocycles. The summed E-state index contributed by atoms with van der Waals surface area (Å²) in [6.45, 7) is 2.22. The van der Waals surface area contributed by atoms with Crippen molar-refractivity contribution in [1.82, 2.24) is 0 Å². The van der Waals surface area contributed by atoms with Crippen LogP contribution in [0.4, 0.5) is 5.69 Å². The van der Waals surface area contributed by atoms with Gasteiger partial charge in [-0.3, -0.25) is 4.79 Å². The van der Waals surface area contributed by atoms with E-state index in [9.17, 15) is 4.79 Å². The average Bonchev–Trinajstić information content (AvgIpc) is 2.69. The van der Waals surface area contributed by atoms with Crippen LogP contribution in [0, 0.1) is 0 Å². The summed E-state index contributed by atoms with van der Waals surface area (Å²) in [4.78, 5) is 13.8. The van der Waals surface area contributed by atoms with Gasteiger partial charge in [-0.25, -0.2) is 0 Å². The smallest absolute Gasteiger partial charge is 0.310 e. The quantitative estimate of drug-likeness (QED) is 0.418. The fraction of sp³-hybridized carbons (Fsp3) is 0.208. The predicted octanol–water partition coefficient (Wildman–Crippen LogP) is 5.31. The molecule has 0 amide bonds. The van der Waals surface area contributed by atoms with Gasteiger partial charge in [0, 0.05) is 15.5 Å². The summed E-state index contributed by atoms with van der Waals surface area (Å²) in [7, 11) is 0. The Morgan fingerprint density at radius 2 is 1.64 bits per heavy atom. The van der Waals surface area contributed by atoms with E-state index in [0.717, 1.165) is 33.9 Å². The lowest BCUT2D eigenvalue weighted by atomic mass is 10.0. The number of anilines is 1. The van der Waals surface area contributed by atoms with Gasteiger partial charge in [0.1, 0.15) is 0 Å². The van der Waals surface area contributed by atoms with E-state index in [1.54, 1.807) is 11.8 Å². The van der Waals surface area contributed by atoms with E-state index >= 15 is 0 Å². The Bertz CT molecular complexity index is 925. The van der Waals surface area contributed by atoms with Crippen LogP contribution in [0.25, 0.3) is 0 Å². The first-order valence-corrected chi connectivity index (χ1v) is 10.3. The highest BCUT2D eigenvalue weighted by Crippen LogP contribution is 2.33. The number of esters is 1. The number of hydrogen-bond acceptors (Lipinski definition) is 4. The molecule has 3 nitrogen and oxygen atoms in total. The van der Waals surface area contributed by atoms with Crippen molar-refractivity contribution in [2.24, 2.45) is 0 Å².